The van der Waals surface area contributed by atoms with Crippen LogP contribution in [0.4, 0.5) is 0 Å². The van der Waals surface area contributed by atoms with E-state index in [2.05, 4.69) is 62.2 Å². The second-order valence-electron chi connectivity index (χ2n) is 6.23. The van der Waals surface area contributed by atoms with Gasteiger partial charge in [-0.2, -0.15) is 0 Å². The first-order valence-electron chi connectivity index (χ1n) is 6.05. The van der Waals surface area contributed by atoms with Crippen LogP contribution in [0.2, 0.25) is 39.3 Å². The van der Waals surface area contributed by atoms with Crippen molar-refractivity contribution in [1.29, 1.82) is 0 Å². The van der Waals surface area contributed by atoms with Crippen molar-refractivity contribution in [2.45, 2.75) is 39.3 Å². The summed E-state index contributed by atoms with van der Waals surface area (Å²) in [6, 6.07) is 0. The third kappa shape index (κ3) is 4.10. The highest BCUT2D eigenvalue weighted by Crippen LogP contribution is 2.32. The lowest BCUT2D eigenvalue weighted by molar-refractivity contribution is 0.323. The molecule has 0 aromatic rings. The molecule has 0 aromatic carbocycles. The summed E-state index contributed by atoms with van der Waals surface area (Å²) in [6.45, 7) is 13.7. The molecule has 17 heavy (non-hydrogen) atoms. The van der Waals surface area contributed by atoms with Gasteiger partial charge in [-0.1, -0.05) is 0 Å². The highest BCUT2D eigenvalue weighted by Gasteiger charge is 2.54. The molecule has 0 aromatic heterocycles. The quantitative estimate of drug-likeness (QED) is 0.739. The van der Waals surface area contributed by atoms with Gasteiger partial charge < -0.3 is 17.0 Å². The van der Waals surface area contributed by atoms with E-state index in [1.807, 2.05) is 0 Å². The lowest BCUT2D eigenvalue weighted by Gasteiger charge is -2.55. The Morgan fingerprint density at radius 1 is 0.941 bits per heavy atom. The molecule has 1 heterocycles. The molecule has 4 nitrogen and oxygen atoms in total. The van der Waals surface area contributed by atoms with E-state index in [-0.39, 0.29) is 0 Å². The van der Waals surface area contributed by atoms with Crippen molar-refractivity contribution in [3.8, 4) is 0 Å². The van der Waals surface area contributed by atoms with Crippen LogP contribution in [0.5, 0.6) is 0 Å². The van der Waals surface area contributed by atoms with E-state index >= 15 is 0 Å². The van der Waals surface area contributed by atoms with Crippen molar-refractivity contribution in [1.82, 2.24) is 8.80 Å². The fourth-order valence-corrected chi connectivity index (χ4v) is 24.2. The van der Waals surface area contributed by atoms with Gasteiger partial charge in [0.2, 0.25) is 17.0 Å². The molecule has 0 N–H and O–H groups in total. The first-order valence-corrected chi connectivity index (χ1v) is 15.7. The maximum atomic E-state index is 6.35. The first kappa shape index (κ1) is 15.8. The molecule has 8 heteroatoms. The summed E-state index contributed by atoms with van der Waals surface area (Å²) in [5.74, 6) is 0. The van der Waals surface area contributed by atoms with Crippen molar-refractivity contribution in [2.24, 2.45) is 0 Å². The van der Waals surface area contributed by atoms with Crippen molar-refractivity contribution in [3.05, 3.63) is 0 Å². The monoisotopic (exact) mass is 306 g/mol. The Balaban J connectivity index is 2.86. The van der Waals surface area contributed by atoms with Gasteiger partial charge in [-0.25, -0.2) is 0 Å². The number of rotatable bonds is 3. The normalized spacial score (nSPS) is 27.4. The fraction of sp³-hybridized carbons (Fsp3) is 1.00. The molecule has 0 unspecified atom stereocenters. The van der Waals surface area contributed by atoms with Crippen LogP contribution in [0, 0.1) is 0 Å². The van der Waals surface area contributed by atoms with Crippen LogP contribution in [0.15, 0.2) is 0 Å². The number of hydrogen-bond acceptors (Lipinski definition) is 4. The Morgan fingerprint density at radius 2 is 1.35 bits per heavy atom. The van der Waals surface area contributed by atoms with E-state index in [0.29, 0.717) is 0 Å². The molecule has 2 radical (unpaired) electrons. The van der Waals surface area contributed by atoms with E-state index in [1.165, 1.54) is 0 Å². The second kappa shape index (κ2) is 5.00. The Hall–Kier alpha value is 0.708. The zero-order chi connectivity index (χ0) is 13.5. The summed E-state index contributed by atoms with van der Waals surface area (Å²) in [4.78, 5) is 2.24. The summed E-state index contributed by atoms with van der Waals surface area (Å²) in [5, 5.41) is 0. The molecule has 0 saturated carbocycles. The lowest BCUT2D eigenvalue weighted by Crippen LogP contribution is -2.76. The maximum Gasteiger partial charge on any atom is 0.312 e. The van der Waals surface area contributed by atoms with Gasteiger partial charge in [0, 0.05) is 6.17 Å². The third-order valence-corrected chi connectivity index (χ3v) is 21.2. The van der Waals surface area contributed by atoms with Crippen LogP contribution in [0.25, 0.3) is 0 Å². The maximum absolute atomic E-state index is 6.35. The fourth-order valence-electron chi connectivity index (χ4n) is 2.56. The molecular formula is C9H26N2O2Si4. The van der Waals surface area contributed by atoms with Gasteiger partial charge >= 0.3 is 8.56 Å². The minimum absolute atomic E-state index is 0.796. The summed E-state index contributed by atoms with van der Waals surface area (Å²) >= 11 is 0. The van der Waals surface area contributed by atoms with Crippen LogP contribution in [0.3, 0.4) is 0 Å². The van der Waals surface area contributed by atoms with Crippen LogP contribution in [0.1, 0.15) is 0 Å². The molecule has 0 bridgehead atoms. The summed E-state index contributed by atoms with van der Waals surface area (Å²) in [6.07, 6.45) is 1.10. The highest BCUT2D eigenvalue weighted by molar-refractivity contribution is 7.00. The zero-order valence-electron chi connectivity index (χ0n) is 12.4. The van der Waals surface area contributed by atoms with Gasteiger partial charge in [0.05, 0.1) is 0 Å². The number of nitrogens with zero attached hydrogens (tertiary/aromatic N) is 2. The molecule has 0 spiro atoms. The molecule has 1 fully saturated rings. The average Bonchev–Trinajstić information content (AvgIpc) is 1.94. The largest absolute Gasteiger partial charge is 0.425 e. The highest BCUT2D eigenvalue weighted by atomic mass is 28.5. The van der Waals surface area contributed by atoms with Crippen molar-refractivity contribution < 1.29 is 8.23 Å². The van der Waals surface area contributed by atoms with Crippen LogP contribution in [-0.4, -0.2) is 64.3 Å². The van der Waals surface area contributed by atoms with Gasteiger partial charge in [-0.05, 0) is 53.4 Å². The van der Waals surface area contributed by atoms with Crippen molar-refractivity contribution >= 4 is 35.2 Å². The van der Waals surface area contributed by atoms with Crippen LogP contribution in [-0.2, 0) is 8.23 Å². The Kier molecular flexibility index (Phi) is 4.64. The van der Waals surface area contributed by atoms with Gasteiger partial charge in [-0.15, -0.1) is 0 Å². The lowest BCUT2D eigenvalue weighted by atomic mass is 11.0. The topological polar surface area (TPSA) is 24.9 Å². The Morgan fingerprint density at radius 3 is 1.71 bits per heavy atom. The summed E-state index contributed by atoms with van der Waals surface area (Å²) in [7, 11) is -0.320. The zero-order valence-corrected chi connectivity index (χ0v) is 16.4. The first-order chi connectivity index (χ1) is 7.46. The molecule has 0 atom stereocenters. The minimum atomic E-state index is -1.89. The molecule has 1 rings (SSSR count). The summed E-state index contributed by atoms with van der Waals surface area (Å²) < 4.78 is 15.3. The van der Waals surface area contributed by atoms with Gasteiger partial charge in [-0.3, -0.25) is 0 Å². The SMILES string of the molecule is CN(C)C[Si]N1[Si](C)(C)O[Si](C)(C)O[Si]1(C)C. The molecule has 0 amide bonds. The van der Waals surface area contributed by atoms with Crippen molar-refractivity contribution in [3.63, 3.8) is 0 Å². The van der Waals surface area contributed by atoms with E-state index in [1.54, 1.807) is 0 Å². The van der Waals surface area contributed by atoms with Gasteiger partial charge in [0.25, 0.3) is 0 Å². The summed E-state index contributed by atoms with van der Waals surface area (Å²) in [5.41, 5.74) is 0. The van der Waals surface area contributed by atoms with E-state index in [0.717, 1.165) is 15.8 Å². The van der Waals surface area contributed by atoms with Crippen LogP contribution < -0.4 is 0 Å². The molecule has 1 saturated heterocycles. The molecular weight excluding hydrogens is 280 g/mol. The van der Waals surface area contributed by atoms with Gasteiger partial charge in [0.15, 0.2) is 0 Å². The smallest absolute Gasteiger partial charge is 0.312 e. The van der Waals surface area contributed by atoms with Gasteiger partial charge in [0.1, 0.15) is 9.68 Å². The van der Waals surface area contributed by atoms with E-state index in [9.17, 15) is 0 Å². The molecule has 1 aliphatic rings. The second-order valence-corrected chi connectivity index (χ2v) is 19.8. The Labute approximate surface area is 112 Å². The molecule has 100 valence electrons. The minimum Gasteiger partial charge on any atom is -0.425 e. The van der Waals surface area contributed by atoms with Crippen LogP contribution >= 0.6 is 0 Å². The standard InChI is InChI=1S/C9H26N2O2Si4/c1-10(2)9-14-11-15(3,4)12-17(7,8)13-16(11,5)6/h9H2,1-8H3. The molecule has 1 aliphatic heterocycles. The third-order valence-electron chi connectivity index (χ3n) is 2.61. The average molecular weight is 307 g/mol. The predicted molar refractivity (Wildman–Crippen MR) is 80.8 cm³/mol. The molecule has 0 aliphatic carbocycles. The number of hydrogen-bond donors (Lipinski definition) is 0. The Bertz CT molecular complexity index is 264. The van der Waals surface area contributed by atoms with Crippen molar-refractivity contribution in [2.75, 3.05) is 20.3 Å². The predicted octanol–water partition coefficient (Wildman–Crippen LogP) is 1.58. The van der Waals surface area contributed by atoms with E-state index in [4.69, 9.17) is 8.23 Å². The van der Waals surface area contributed by atoms with E-state index < -0.39 is 25.5 Å².